The van der Waals surface area contributed by atoms with Gasteiger partial charge in [0.1, 0.15) is 6.29 Å². The van der Waals surface area contributed by atoms with Crippen molar-refractivity contribution in [2.24, 2.45) is 0 Å². The van der Waals surface area contributed by atoms with Crippen LogP contribution in [0.15, 0.2) is 27.8 Å². The minimum absolute atomic E-state index is 0.157. The smallest absolute Gasteiger partial charge is 0.276 e. The first-order valence-electron chi connectivity index (χ1n) is 7.17. The molecule has 0 saturated carbocycles. The molecule has 0 amide bonds. The third-order valence-electron chi connectivity index (χ3n) is 2.94. The van der Waals surface area contributed by atoms with Crippen LogP contribution < -0.4 is 9.47 Å². The first-order valence-corrected chi connectivity index (χ1v) is 8.15. The summed E-state index contributed by atoms with van der Waals surface area (Å²) >= 11 is 1.44. The predicted octanol–water partition coefficient (Wildman–Crippen LogP) is 3.36. The number of ether oxygens (including phenoxy) is 2. The lowest BCUT2D eigenvalue weighted by Gasteiger charge is -2.11. The Hall–Kier alpha value is -2.02. The van der Waals surface area contributed by atoms with Crippen LogP contribution in [0.3, 0.4) is 0 Å². The SMILES string of the molecule is COc1cc(C=O)ccc1OCCSc1nnc(C(C)(C)C)o1. The Balaban J connectivity index is 1.86. The van der Waals surface area contributed by atoms with Gasteiger partial charge in [-0.3, -0.25) is 4.79 Å². The molecule has 0 aliphatic heterocycles. The van der Waals surface area contributed by atoms with E-state index in [0.717, 1.165) is 6.29 Å². The van der Waals surface area contributed by atoms with Crippen molar-refractivity contribution < 1.29 is 18.7 Å². The number of hydrogen-bond acceptors (Lipinski definition) is 7. The van der Waals surface area contributed by atoms with Crippen LogP contribution in [0.5, 0.6) is 11.5 Å². The Morgan fingerprint density at radius 2 is 2.04 bits per heavy atom. The number of aldehydes is 1. The topological polar surface area (TPSA) is 74.5 Å². The maximum atomic E-state index is 10.8. The molecule has 2 rings (SSSR count). The van der Waals surface area contributed by atoms with Crippen molar-refractivity contribution in [2.45, 2.75) is 31.4 Å². The molecule has 0 saturated heterocycles. The average molecular weight is 336 g/mol. The number of carbonyl (C=O) groups excluding carboxylic acids is 1. The Labute approximate surface area is 139 Å². The monoisotopic (exact) mass is 336 g/mol. The molecule has 0 fully saturated rings. The quantitative estimate of drug-likeness (QED) is 0.436. The van der Waals surface area contributed by atoms with E-state index in [1.165, 1.54) is 18.9 Å². The molecule has 1 heterocycles. The van der Waals surface area contributed by atoms with Crippen LogP contribution in [-0.4, -0.2) is 36.0 Å². The lowest BCUT2D eigenvalue weighted by molar-refractivity contribution is 0.112. The molecule has 1 aromatic carbocycles. The minimum atomic E-state index is -0.157. The summed E-state index contributed by atoms with van der Waals surface area (Å²) in [5, 5.41) is 8.58. The zero-order chi connectivity index (χ0) is 16.9. The molecule has 2 aromatic rings. The van der Waals surface area contributed by atoms with Gasteiger partial charge in [-0.25, -0.2) is 0 Å². The summed E-state index contributed by atoms with van der Waals surface area (Å²) in [6.07, 6.45) is 0.768. The van der Waals surface area contributed by atoms with Crippen LogP contribution in [0.1, 0.15) is 37.0 Å². The first-order chi connectivity index (χ1) is 10.9. The second-order valence-electron chi connectivity index (χ2n) is 5.85. The van der Waals surface area contributed by atoms with E-state index >= 15 is 0 Å². The van der Waals surface area contributed by atoms with E-state index in [1.54, 1.807) is 18.2 Å². The van der Waals surface area contributed by atoms with E-state index in [9.17, 15) is 4.79 Å². The van der Waals surface area contributed by atoms with Gasteiger partial charge < -0.3 is 13.9 Å². The van der Waals surface area contributed by atoms with Gasteiger partial charge in [-0.1, -0.05) is 32.5 Å². The molecule has 1 aromatic heterocycles. The molecule has 0 N–H and O–H groups in total. The molecule has 0 aliphatic rings. The molecule has 0 spiro atoms. The van der Waals surface area contributed by atoms with Crippen LogP contribution in [0.2, 0.25) is 0 Å². The number of carbonyl (C=O) groups is 1. The fourth-order valence-corrected chi connectivity index (χ4v) is 2.31. The number of rotatable bonds is 7. The number of methoxy groups -OCH3 is 1. The second kappa shape index (κ2) is 7.50. The van der Waals surface area contributed by atoms with E-state index < -0.39 is 0 Å². The summed E-state index contributed by atoms with van der Waals surface area (Å²) in [4.78, 5) is 10.8. The second-order valence-corrected chi connectivity index (χ2v) is 6.89. The highest BCUT2D eigenvalue weighted by atomic mass is 32.2. The predicted molar refractivity (Wildman–Crippen MR) is 87.6 cm³/mol. The first kappa shape index (κ1) is 17.3. The van der Waals surface area contributed by atoms with Gasteiger partial charge in [-0.2, -0.15) is 0 Å². The van der Waals surface area contributed by atoms with E-state index in [2.05, 4.69) is 10.2 Å². The maximum absolute atomic E-state index is 10.8. The third kappa shape index (κ3) is 4.72. The van der Waals surface area contributed by atoms with E-state index in [1.807, 2.05) is 20.8 Å². The molecule has 124 valence electrons. The summed E-state index contributed by atoms with van der Waals surface area (Å²) in [6.45, 7) is 6.52. The molecular weight excluding hydrogens is 316 g/mol. The van der Waals surface area contributed by atoms with Crippen molar-refractivity contribution in [2.75, 3.05) is 19.5 Å². The minimum Gasteiger partial charge on any atom is -0.493 e. The largest absolute Gasteiger partial charge is 0.493 e. The molecule has 6 nitrogen and oxygen atoms in total. The number of benzene rings is 1. The van der Waals surface area contributed by atoms with Gasteiger partial charge in [0.05, 0.1) is 13.7 Å². The Kier molecular flexibility index (Phi) is 5.65. The molecule has 7 heteroatoms. The summed E-state index contributed by atoms with van der Waals surface area (Å²) < 4.78 is 16.5. The van der Waals surface area contributed by atoms with Crippen LogP contribution in [0, 0.1) is 0 Å². The molecule has 0 bridgehead atoms. The number of hydrogen-bond donors (Lipinski definition) is 0. The Morgan fingerprint density at radius 3 is 2.65 bits per heavy atom. The van der Waals surface area contributed by atoms with Crippen LogP contribution in [0.4, 0.5) is 0 Å². The molecule has 0 unspecified atom stereocenters. The Bertz CT molecular complexity index is 664. The fourth-order valence-electron chi connectivity index (χ4n) is 1.73. The van der Waals surface area contributed by atoms with Gasteiger partial charge in [0, 0.05) is 16.7 Å². The fraction of sp³-hybridized carbons (Fsp3) is 0.438. The lowest BCUT2D eigenvalue weighted by atomic mass is 9.97. The molecule has 0 aliphatic carbocycles. The molecule has 0 radical (unpaired) electrons. The summed E-state index contributed by atoms with van der Waals surface area (Å²) in [6, 6.07) is 5.05. The zero-order valence-corrected chi connectivity index (χ0v) is 14.5. The van der Waals surface area contributed by atoms with Crippen molar-refractivity contribution in [3.8, 4) is 11.5 Å². The van der Waals surface area contributed by atoms with Crippen molar-refractivity contribution in [1.82, 2.24) is 10.2 Å². The average Bonchev–Trinajstić information content (AvgIpc) is 3.00. The van der Waals surface area contributed by atoms with Gasteiger partial charge in [0.2, 0.25) is 5.89 Å². The van der Waals surface area contributed by atoms with Gasteiger partial charge in [-0.15, -0.1) is 10.2 Å². The summed E-state index contributed by atoms with van der Waals surface area (Å²) in [7, 11) is 1.54. The van der Waals surface area contributed by atoms with Gasteiger partial charge in [-0.05, 0) is 18.2 Å². The van der Waals surface area contributed by atoms with Crippen molar-refractivity contribution in [1.29, 1.82) is 0 Å². The highest BCUT2D eigenvalue weighted by Gasteiger charge is 2.21. The number of thioether (sulfide) groups is 1. The Morgan fingerprint density at radius 1 is 1.26 bits per heavy atom. The van der Waals surface area contributed by atoms with Crippen molar-refractivity contribution in [3.05, 3.63) is 29.7 Å². The van der Waals surface area contributed by atoms with Crippen molar-refractivity contribution >= 4 is 18.0 Å². The normalized spacial score (nSPS) is 11.3. The molecule has 23 heavy (non-hydrogen) atoms. The summed E-state index contributed by atoms with van der Waals surface area (Å²) in [5.41, 5.74) is 0.389. The van der Waals surface area contributed by atoms with E-state index in [0.29, 0.717) is 40.5 Å². The van der Waals surface area contributed by atoms with Gasteiger partial charge in [0.25, 0.3) is 5.22 Å². The van der Waals surface area contributed by atoms with Gasteiger partial charge >= 0.3 is 0 Å². The molecule has 0 atom stereocenters. The molecular formula is C16H20N2O4S. The number of nitrogens with zero attached hydrogens (tertiary/aromatic N) is 2. The highest BCUT2D eigenvalue weighted by Crippen LogP contribution is 2.28. The van der Waals surface area contributed by atoms with E-state index in [-0.39, 0.29) is 5.41 Å². The highest BCUT2D eigenvalue weighted by molar-refractivity contribution is 7.99. The van der Waals surface area contributed by atoms with Crippen LogP contribution >= 0.6 is 11.8 Å². The number of aromatic nitrogens is 2. The van der Waals surface area contributed by atoms with E-state index in [4.69, 9.17) is 13.9 Å². The summed E-state index contributed by atoms with van der Waals surface area (Å²) in [5.74, 6) is 2.41. The standard InChI is InChI=1S/C16H20N2O4S/c1-16(2,3)14-17-18-15(22-14)23-8-7-21-12-6-5-11(10-19)9-13(12)20-4/h5-6,9-10H,7-8H2,1-4H3. The van der Waals surface area contributed by atoms with Crippen LogP contribution in [-0.2, 0) is 5.41 Å². The maximum Gasteiger partial charge on any atom is 0.276 e. The third-order valence-corrected chi connectivity index (χ3v) is 3.72. The lowest BCUT2D eigenvalue weighted by Crippen LogP contribution is -2.11. The zero-order valence-electron chi connectivity index (χ0n) is 13.7. The van der Waals surface area contributed by atoms with Crippen molar-refractivity contribution in [3.63, 3.8) is 0 Å². The van der Waals surface area contributed by atoms with Gasteiger partial charge in [0.15, 0.2) is 11.5 Å². The van der Waals surface area contributed by atoms with Crippen LogP contribution in [0.25, 0.3) is 0 Å².